The molecule has 0 fully saturated rings. The summed E-state index contributed by atoms with van der Waals surface area (Å²) in [5.41, 5.74) is 5.04. The van der Waals surface area contributed by atoms with Gasteiger partial charge >= 0.3 is 5.97 Å². The number of hydrogen-bond acceptors (Lipinski definition) is 5. The summed E-state index contributed by atoms with van der Waals surface area (Å²) < 4.78 is 5.88. The van der Waals surface area contributed by atoms with Gasteiger partial charge in [0.2, 0.25) is 0 Å². The van der Waals surface area contributed by atoms with Gasteiger partial charge < -0.3 is 19.6 Å². The van der Waals surface area contributed by atoms with Crippen LogP contribution in [0.1, 0.15) is 40.9 Å². The molecule has 0 aliphatic carbocycles. The number of fused-ring (bicyclic) bond motifs is 1. The molecule has 2 aromatic carbocycles. The smallest absolute Gasteiger partial charge is 0.316 e. The lowest BCUT2D eigenvalue weighted by Gasteiger charge is -2.38. The number of carbonyl (C=O) groups excluding carboxylic acids is 1. The molecule has 0 bridgehead atoms. The van der Waals surface area contributed by atoms with E-state index >= 15 is 0 Å². The van der Waals surface area contributed by atoms with Gasteiger partial charge in [-0.1, -0.05) is 19.1 Å². The maximum Gasteiger partial charge on any atom is 0.316 e. The van der Waals surface area contributed by atoms with Gasteiger partial charge in [0.25, 0.3) is 5.91 Å². The Kier molecular flexibility index (Phi) is 8.07. The second kappa shape index (κ2) is 10.8. The Labute approximate surface area is 194 Å². The number of rotatable bonds is 10. The molecule has 6 nitrogen and oxygen atoms in total. The number of aliphatic carboxylic acids is 1. The van der Waals surface area contributed by atoms with E-state index in [2.05, 4.69) is 24.8 Å². The quantitative estimate of drug-likeness (QED) is 0.573. The van der Waals surface area contributed by atoms with Crippen LogP contribution < -0.4 is 9.64 Å². The Morgan fingerprint density at radius 3 is 2.44 bits per heavy atom. The molecule has 172 valence electrons. The number of hydrogen-bond donors (Lipinski definition) is 1. The van der Waals surface area contributed by atoms with Crippen LogP contribution in [0.4, 0.5) is 5.69 Å². The van der Waals surface area contributed by atoms with Gasteiger partial charge in [-0.2, -0.15) is 0 Å². The van der Waals surface area contributed by atoms with E-state index in [9.17, 15) is 14.7 Å². The van der Waals surface area contributed by atoms with E-state index in [0.717, 1.165) is 34.7 Å². The van der Waals surface area contributed by atoms with Gasteiger partial charge in [0.05, 0.1) is 24.5 Å². The maximum atomic E-state index is 13.0. The van der Waals surface area contributed by atoms with Crippen LogP contribution in [0.3, 0.4) is 0 Å². The fraction of sp³-hybridized carbons (Fsp3) is 0.440. The highest BCUT2D eigenvalue weighted by atomic mass is 32.2. The summed E-state index contributed by atoms with van der Waals surface area (Å²) in [5, 5.41) is 8.89. The molecular weight excluding hydrogens is 424 g/mol. The van der Waals surface area contributed by atoms with Gasteiger partial charge in [-0.05, 0) is 73.9 Å². The highest BCUT2D eigenvalue weighted by Crippen LogP contribution is 2.30. The van der Waals surface area contributed by atoms with Gasteiger partial charge in [-0.25, -0.2) is 0 Å². The maximum absolute atomic E-state index is 13.0. The second-order valence-electron chi connectivity index (χ2n) is 8.00. The Balaban J connectivity index is 1.58. The van der Waals surface area contributed by atoms with Crippen LogP contribution in [0.15, 0.2) is 36.4 Å². The third-order valence-corrected chi connectivity index (χ3v) is 6.92. The van der Waals surface area contributed by atoms with Crippen LogP contribution in [0, 0.1) is 13.8 Å². The SMILES string of the molecule is CCSC(Cc1ccc(OCCN2CN(CC)c3cc(C)c(C)cc3C2=O)cc1)C(=O)O. The summed E-state index contributed by atoms with van der Waals surface area (Å²) in [5.74, 6) is 0.746. The minimum Gasteiger partial charge on any atom is -0.492 e. The van der Waals surface area contributed by atoms with E-state index in [1.807, 2.05) is 49.1 Å². The molecule has 32 heavy (non-hydrogen) atoms. The van der Waals surface area contributed by atoms with Crippen molar-refractivity contribution in [3.8, 4) is 5.75 Å². The first-order valence-corrected chi connectivity index (χ1v) is 12.1. The van der Waals surface area contributed by atoms with Crippen molar-refractivity contribution < 1.29 is 19.4 Å². The monoisotopic (exact) mass is 456 g/mol. The summed E-state index contributed by atoms with van der Waals surface area (Å²) >= 11 is 1.44. The molecule has 0 spiro atoms. The van der Waals surface area contributed by atoms with Crippen molar-refractivity contribution in [2.45, 2.75) is 39.4 Å². The highest BCUT2D eigenvalue weighted by Gasteiger charge is 2.29. The van der Waals surface area contributed by atoms with E-state index in [-0.39, 0.29) is 5.91 Å². The fourth-order valence-corrected chi connectivity index (χ4v) is 4.68. The van der Waals surface area contributed by atoms with Crippen LogP contribution in [0.2, 0.25) is 0 Å². The Bertz CT molecular complexity index is 961. The van der Waals surface area contributed by atoms with Crippen molar-refractivity contribution in [1.29, 1.82) is 0 Å². The van der Waals surface area contributed by atoms with Crippen LogP contribution in [-0.4, -0.2) is 59.3 Å². The first kappa shape index (κ1) is 24.0. The van der Waals surface area contributed by atoms with Crippen LogP contribution in [0.5, 0.6) is 5.75 Å². The van der Waals surface area contributed by atoms with Gasteiger partial charge in [0.1, 0.15) is 17.6 Å². The van der Waals surface area contributed by atoms with Crippen LogP contribution >= 0.6 is 11.8 Å². The normalized spacial score (nSPS) is 14.3. The molecule has 1 amide bonds. The van der Waals surface area contributed by atoms with Crippen LogP contribution in [-0.2, 0) is 11.2 Å². The zero-order chi connectivity index (χ0) is 23.3. The van der Waals surface area contributed by atoms with E-state index in [4.69, 9.17) is 4.74 Å². The predicted octanol–water partition coefficient (Wildman–Crippen LogP) is 4.37. The third-order valence-electron chi connectivity index (χ3n) is 5.81. The Morgan fingerprint density at radius 2 is 1.81 bits per heavy atom. The summed E-state index contributed by atoms with van der Waals surface area (Å²) in [7, 11) is 0. The minimum absolute atomic E-state index is 0.0416. The molecule has 1 N–H and O–H groups in total. The van der Waals surface area contributed by atoms with Gasteiger partial charge in [-0.3, -0.25) is 9.59 Å². The zero-order valence-corrected chi connectivity index (χ0v) is 20.1. The number of anilines is 1. The van der Waals surface area contributed by atoms with E-state index in [0.29, 0.717) is 32.0 Å². The van der Waals surface area contributed by atoms with E-state index in [1.165, 1.54) is 17.3 Å². The standard InChI is InChI=1S/C25H32N2O4S/c1-5-26-16-27(24(28)21-13-17(3)18(4)14-22(21)26)11-12-31-20-9-7-19(8-10-20)15-23(25(29)30)32-6-2/h7-10,13-14,23H,5-6,11-12,15-16H2,1-4H3,(H,29,30). The molecule has 3 rings (SSSR count). The third kappa shape index (κ3) is 5.57. The molecule has 1 heterocycles. The summed E-state index contributed by atoms with van der Waals surface area (Å²) in [4.78, 5) is 28.4. The largest absolute Gasteiger partial charge is 0.492 e. The fourth-order valence-electron chi connectivity index (χ4n) is 3.82. The lowest BCUT2D eigenvalue weighted by Crippen LogP contribution is -2.48. The average molecular weight is 457 g/mol. The number of aryl methyl sites for hydroxylation is 2. The lowest BCUT2D eigenvalue weighted by molar-refractivity contribution is -0.136. The molecule has 0 saturated carbocycles. The first-order valence-electron chi connectivity index (χ1n) is 11.1. The molecular formula is C25H32N2O4S. The molecule has 1 unspecified atom stereocenters. The van der Waals surface area contributed by atoms with Gasteiger partial charge in [-0.15, -0.1) is 11.8 Å². The zero-order valence-electron chi connectivity index (χ0n) is 19.3. The molecule has 1 aliphatic rings. The number of ether oxygens (including phenoxy) is 1. The molecule has 1 aliphatic heterocycles. The van der Waals surface area contributed by atoms with E-state index < -0.39 is 11.2 Å². The Morgan fingerprint density at radius 1 is 1.12 bits per heavy atom. The first-order chi connectivity index (χ1) is 15.3. The summed E-state index contributed by atoms with van der Waals surface area (Å²) in [6, 6.07) is 11.6. The predicted molar refractivity (Wildman–Crippen MR) is 130 cm³/mol. The number of amides is 1. The van der Waals surface area contributed by atoms with Crippen molar-refractivity contribution in [3.05, 3.63) is 58.7 Å². The number of carbonyl (C=O) groups is 2. The molecule has 2 aromatic rings. The molecule has 0 aromatic heterocycles. The van der Waals surface area contributed by atoms with E-state index in [1.54, 1.807) is 0 Å². The average Bonchev–Trinajstić information content (AvgIpc) is 2.77. The number of carboxylic acid groups (broad SMARTS) is 1. The van der Waals surface area contributed by atoms with Crippen molar-refractivity contribution in [3.63, 3.8) is 0 Å². The van der Waals surface area contributed by atoms with Crippen molar-refractivity contribution in [2.24, 2.45) is 0 Å². The summed E-state index contributed by atoms with van der Waals surface area (Å²) in [6.07, 6.45) is 0.488. The number of carboxylic acids is 1. The van der Waals surface area contributed by atoms with Gasteiger partial charge in [0.15, 0.2) is 0 Å². The van der Waals surface area contributed by atoms with Crippen molar-refractivity contribution in [1.82, 2.24) is 4.90 Å². The number of benzene rings is 2. The highest BCUT2D eigenvalue weighted by molar-refractivity contribution is 8.00. The van der Waals surface area contributed by atoms with Crippen molar-refractivity contribution in [2.75, 3.05) is 37.0 Å². The Hall–Kier alpha value is -2.67. The molecule has 0 radical (unpaired) electrons. The molecule has 7 heteroatoms. The van der Waals surface area contributed by atoms with Crippen molar-refractivity contribution >= 4 is 29.3 Å². The van der Waals surface area contributed by atoms with Crippen LogP contribution in [0.25, 0.3) is 0 Å². The second-order valence-corrected chi connectivity index (χ2v) is 9.48. The topological polar surface area (TPSA) is 70.1 Å². The minimum atomic E-state index is -0.781. The number of nitrogens with zero attached hydrogens (tertiary/aromatic N) is 2. The van der Waals surface area contributed by atoms with Gasteiger partial charge in [0, 0.05) is 6.54 Å². The number of thioether (sulfide) groups is 1. The summed E-state index contributed by atoms with van der Waals surface area (Å²) in [6.45, 7) is 10.4. The lowest BCUT2D eigenvalue weighted by atomic mass is 10.0. The molecule has 1 atom stereocenters. The molecule has 0 saturated heterocycles.